The minimum Gasteiger partial charge on any atom is -0.507 e. The maximum Gasteiger partial charge on any atom is 0.337 e. The van der Waals surface area contributed by atoms with Crippen LogP contribution in [0.2, 0.25) is 0 Å². The van der Waals surface area contributed by atoms with Gasteiger partial charge in [0, 0.05) is 19.2 Å². The summed E-state index contributed by atoms with van der Waals surface area (Å²) < 4.78 is 20.9. The average Bonchev–Trinajstić information content (AvgIpc) is 3.11. The molecule has 1 saturated heterocycles. The number of likely N-dealkylation sites (tertiary alicyclic amines) is 1. The Morgan fingerprint density at radius 1 is 1.03 bits per heavy atom. The molecule has 9 heteroatoms. The highest BCUT2D eigenvalue weighted by molar-refractivity contribution is 6.46. The monoisotopic (exact) mass is 453 g/mol. The fraction of sp³-hybridized carbons (Fsp3) is 0.292. The average molecular weight is 453 g/mol. The lowest BCUT2D eigenvalue weighted by Crippen LogP contribution is -2.32. The summed E-state index contributed by atoms with van der Waals surface area (Å²) in [6.07, 6.45) is 0. The van der Waals surface area contributed by atoms with Crippen molar-refractivity contribution in [3.8, 4) is 11.5 Å². The highest BCUT2D eigenvalue weighted by atomic mass is 16.6. The topological polar surface area (TPSA) is 112 Å². The van der Waals surface area contributed by atoms with Gasteiger partial charge in [-0.1, -0.05) is 12.1 Å². The molecule has 2 aromatic carbocycles. The van der Waals surface area contributed by atoms with Crippen molar-refractivity contribution >= 4 is 23.4 Å². The zero-order valence-electron chi connectivity index (χ0n) is 18.2. The molecular formula is C24H23NO8. The number of rotatable bonds is 6. The minimum absolute atomic E-state index is 0.0569. The van der Waals surface area contributed by atoms with Crippen LogP contribution < -0.4 is 9.47 Å². The van der Waals surface area contributed by atoms with E-state index in [1.807, 2.05) is 0 Å². The summed E-state index contributed by atoms with van der Waals surface area (Å²) in [5.74, 6) is -1.40. The van der Waals surface area contributed by atoms with Crippen LogP contribution in [-0.4, -0.2) is 68.3 Å². The van der Waals surface area contributed by atoms with Crippen molar-refractivity contribution in [3.63, 3.8) is 0 Å². The molecule has 1 atom stereocenters. The lowest BCUT2D eigenvalue weighted by atomic mass is 9.94. The third kappa shape index (κ3) is 4.14. The van der Waals surface area contributed by atoms with E-state index >= 15 is 0 Å². The Morgan fingerprint density at radius 2 is 1.70 bits per heavy atom. The van der Waals surface area contributed by atoms with Gasteiger partial charge in [0.15, 0.2) is 11.5 Å². The smallest absolute Gasteiger partial charge is 0.337 e. The molecule has 0 bridgehead atoms. The molecule has 0 spiro atoms. The second-order valence-corrected chi connectivity index (χ2v) is 7.46. The van der Waals surface area contributed by atoms with Gasteiger partial charge in [0.2, 0.25) is 0 Å². The number of esters is 1. The second kappa shape index (κ2) is 9.33. The molecule has 9 nitrogen and oxygen atoms in total. The third-order valence-corrected chi connectivity index (χ3v) is 5.54. The number of amides is 1. The number of hydrogen-bond acceptors (Lipinski definition) is 8. The Hall–Kier alpha value is -3.85. The van der Waals surface area contributed by atoms with Gasteiger partial charge in [0.25, 0.3) is 11.7 Å². The van der Waals surface area contributed by atoms with Gasteiger partial charge in [-0.05, 0) is 35.9 Å². The van der Waals surface area contributed by atoms with Gasteiger partial charge in [-0.15, -0.1) is 0 Å². The van der Waals surface area contributed by atoms with Gasteiger partial charge in [0.05, 0.1) is 30.9 Å². The van der Waals surface area contributed by atoms with E-state index in [0.29, 0.717) is 41.4 Å². The van der Waals surface area contributed by atoms with E-state index in [4.69, 9.17) is 18.9 Å². The highest BCUT2D eigenvalue weighted by Gasteiger charge is 2.46. The normalized spacial score (nSPS) is 19.0. The number of ketones is 1. The van der Waals surface area contributed by atoms with Crippen LogP contribution in [0.4, 0.5) is 0 Å². The standard InChI is InChI=1S/C24H23NO8/c1-30-10-9-25-20(14-3-5-15(6-4-14)24(29)31-2)19(22(27)23(25)28)21(26)16-7-8-17-18(13-16)33-12-11-32-17/h3-8,13,20,26H,9-12H2,1-2H3/b21-19-/t20-/m0/s1. The van der Waals surface area contributed by atoms with E-state index in [-0.39, 0.29) is 24.5 Å². The van der Waals surface area contributed by atoms with Gasteiger partial charge < -0.3 is 29.0 Å². The first kappa shape index (κ1) is 22.3. The van der Waals surface area contributed by atoms with E-state index in [2.05, 4.69) is 0 Å². The lowest BCUT2D eigenvalue weighted by molar-refractivity contribution is -0.140. The molecule has 0 saturated carbocycles. The summed E-state index contributed by atoms with van der Waals surface area (Å²) in [5.41, 5.74) is 1.14. The van der Waals surface area contributed by atoms with Crippen LogP contribution in [0.3, 0.4) is 0 Å². The van der Waals surface area contributed by atoms with Gasteiger partial charge in [-0.2, -0.15) is 0 Å². The summed E-state index contributed by atoms with van der Waals surface area (Å²) in [7, 11) is 2.77. The van der Waals surface area contributed by atoms with Crippen LogP contribution in [0, 0.1) is 0 Å². The Bertz CT molecular complexity index is 1120. The van der Waals surface area contributed by atoms with Crippen LogP contribution in [0.25, 0.3) is 5.76 Å². The van der Waals surface area contributed by atoms with E-state index in [1.54, 1.807) is 42.5 Å². The number of aliphatic hydroxyl groups is 1. The number of methoxy groups -OCH3 is 2. The van der Waals surface area contributed by atoms with Crippen molar-refractivity contribution in [1.82, 2.24) is 4.90 Å². The molecule has 0 aliphatic carbocycles. The summed E-state index contributed by atoms with van der Waals surface area (Å²) >= 11 is 0. The SMILES string of the molecule is COCCN1C(=O)C(=O)/C(=C(\O)c2ccc3c(c2)OCCO3)[C@@H]1c1ccc(C(=O)OC)cc1. The Labute approximate surface area is 190 Å². The van der Waals surface area contributed by atoms with Crippen molar-refractivity contribution in [2.45, 2.75) is 6.04 Å². The molecule has 1 fully saturated rings. The molecule has 0 unspecified atom stereocenters. The lowest BCUT2D eigenvalue weighted by Gasteiger charge is -2.25. The van der Waals surface area contributed by atoms with Crippen LogP contribution in [0.15, 0.2) is 48.0 Å². The number of aliphatic hydroxyl groups excluding tert-OH is 1. The van der Waals surface area contributed by atoms with Crippen LogP contribution in [0.5, 0.6) is 11.5 Å². The predicted octanol–water partition coefficient (Wildman–Crippen LogP) is 2.31. The van der Waals surface area contributed by atoms with Crippen molar-refractivity contribution in [1.29, 1.82) is 0 Å². The van der Waals surface area contributed by atoms with Crippen molar-refractivity contribution in [3.05, 3.63) is 64.7 Å². The van der Waals surface area contributed by atoms with Crippen LogP contribution >= 0.6 is 0 Å². The third-order valence-electron chi connectivity index (χ3n) is 5.54. The van der Waals surface area contributed by atoms with E-state index < -0.39 is 23.7 Å². The zero-order chi connectivity index (χ0) is 23.5. The fourth-order valence-electron chi connectivity index (χ4n) is 3.91. The van der Waals surface area contributed by atoms with E-state index in [1.165, 1.54) is 19.1 Å². The van der Waals surface area contributed by atoms with Crippen molar-refractivity contribution in [2.24, 2.45) is 0 Å². The second-order valence-electron chi connectivity index (χ2n) is 7.46. The maximum atomic E-state index is 13.0. The number of carbonyl (C=O) groups is 3. The Balaban J connectivity index is 1.80. The van der Waals surface area contributed by atoms with Crippen molar-refractivity contribution < 1.29 is 38.4 Å². The largest absolute Gasteiger partial charge is 0.507 e. The molecule has 172 valence electrons. The summed E-state index contributed by atoms with van der Waals surface area (Å²) in [4.78, 5) is 39.0. The number of fused-ring (bicyclic) bond motifs is 1. The summed E-state index contributed by atoms with van der Waals surface area (Å²) in [6, 6.07) is 10.3. The molecule has 0 aromatic heterocycles. The van der Waals surface area contributed by atoms with Crippen LogP contribution in [-0.2, 0) is 19.1 Å². The molecule has 0 radical (unpaired) electrons. The highest BCUT2D eigenvalue weighted by Crippen LogP contribution is 2.41. The number of carbonyl (C=O) groups excluding carboxylic acids is 3. The fourth-order valence-corrected chi connectivity index (χ4v) is 3.91. The number of Topliss-reactive ketones (excluding diaryl/α,β-unsaturated/α-hetero) is 1. The van der Waals surface area contributed by atoms with E-state index in [0.717, 1.165) is 0 Å². The molecule has 4 rings (SSSR count). The molecule has 1 amide bonds. The van der Waals surface area contributed by atoms with Gasteiger partial charge in [-0.25, -0.2) is 4.79 Å². The number of ether oxygens (including phenoxy) is 4. The Morgan fingerprint density at radius 3 is 2.36 bits per heavy atom. The summed E-state index contributed by atoms with van der Waals surface area (Å²) in [5, 5.41) is 11.1. The Kier molecular flexibility index (Phi) is 6.32. The predicted molar refractivity (Wildman–Crippen MR) is 116 cm³/mol. The minimum atomic E-state index is -0.861. The first-order valence-corrected chi connectivity index (χ1v) is 10.3. The number of benzene rings is 2. The molecule has 2 aromatic rings. The van der Waals surface area contributed by atoms with Gasteiger partial charge in [-0.3, -0.25) is 9.59 Å². The van der Waals surface area contributed by atoms with Gasteiger partial charge in [0.1, 0.15) is 19.0 Å². The van der Waals surface area contributed by atoms with Crippen LogP contribution in [0.1, 0.15) is 27.5 Å². The van der Waals surface area contributed by atoms with E-state index in [9.17, 15) is 19.5 Å². The first-order valence-electron chi connectivity index (χ1n) is 10.3. The molecule has 2 aliphatic rings. The molecular weight excluding hydrogens is 430 g/mol. The summed E-state index contributed by atoms with van der Waals surface area (Å²) in [6.45, 7) is 1.13. The zero-order valence-corrected chi connectivity index (χ0v) is 18.2. The first-order chi connectivity index (χ1) is 16.0. The molecule has 1 N–H and O–H groups in total. The molecule has 33 heavy (non-hydrogen) atoms. The number of nitrogens with zero attached hydrogens (tertiary/aromatic N) is 1. The van der Waals surface area contributed by atoms with Gasteiger partial charge >= 0.3 is 5.97 Å². The molecule has 2 heterocycles. The number of hydrogen-bond donors (Lipinski definition) is 1. The molecule has 2 aliphatic heterocycles. The maximum absolute atomic E-state index is 13.0. The quantitative estimate of drug-likeness (QED) is 0.307. The van der Waals surface area contributed by atoms with Crippen molar-refractivity contribution in [2.75, 3.05) is 40.6 Å².